The van der Waals surface area contributed by atoms with Crippen LogP contribution in [-0.4, -0.2) is 26.5 Å². The lowest BCUT2D eigenvalue weighted by atomic mass is 10.0. The molecule has 0 spiro atoms. The van der Waals surface area contributed by atoms with Gasteiger partial charge < -0.3 is 15.2 Å². The number of benzene rings is 4. The first-order chi connectivity index (χ1) is 18.4. The zero-order valence-corrected chi connectivity index (χ0v) is 20.9. The molecule has 0 aliphatic rings. The van der Waals surface area contributed by atoms with Crippen molar-refractivity contribution in [2.75, 3.05) is 17.1 Å². The van der Waals surface area contributed by atoms with Crippen LogP contribution in [0.1, 0.15) is 15.9 Å². The number of phenols is 1. The van der Waals surface area contributed by atoms with E-state index in [0.29, 0.717) is 11.1 Å². The van der Waals surface area contributed by atoms with Crippen LogP contribution >= 0.6 is 0 Å². The van der Waals surface area contributed by atoms with Crippen LogP contribution in [-0.2, 0) is 16.2 Å². The lowest BCUT2D eigenvalue weighted by Gasteiger charge is -2.14. The first kappa shape index (κ1) is 27.5. The molecule has 202 valence electrons. The largest absolute Gasteiger partial charge is 0.506 e. The van der Waals surface area contributed by atoms with E-state index < -0.39 is 39.2 Å². The van der Waals surface area contributed by atoms with Crippen molar-refractivity contribution >= 4 is 27.3 Å². The maximum atomic E-state index is 13.1. The van der Waals surface area contributed by atoms with E-state index in [1.165, 1.54) is 43.5 Å². The number of methoxy groups -OCH3 is 1. The maximum absolute atomic E-state index is 13.1. The van der Waals surface area contributed by atoms with Crippen molar-refractivity contribution in [2.24, 2.45) is 0 Å². The third-order valence-corrected chi connectivity index (χ3v) is 6.99. The standard InChI is InChI=1S/C27H20F4N2O5S/c1-38-25-14-18(27(29,30)31)6-12-22(25)16-2-4-17(5-3-16)26(35)32-20-9-13-24(34)23(15-20)33-39(36,37)21-10-7-19(28)8-11-21/h2-15,33-34H,1H3,(H,32,35). The van der Waals surface area contributed by atoms with Crippen LogP contribution in [0.3, 0.4) is 0 Å². The molecule has 0 atom stereocenters. The number of alkyl halides is 3. The number of carbonyl (C=O) groups excluding carboxylic acids is 1. The third-order valence-electron chi connectivity index (χ3n) is 5.61. The van der Waals surface area contributed by atoms with E-state index in [1.54, 1.807) is 12.1 Å². The Hall–Kier alpha value is -4.58. The molecule has 0 heterocycles. The van der Waals surface area contributed by atoms with Crippen LogP contribution in [0.4, 0.5) is 28.9 Å². The Balaban J connectivity index is 1.51. The van der Waals surface area contributed by atoms with Gasteiger partial charge in [-0.1, -0.05) is 18.2 Å². The first-order valence-corrected chi connectivity index (χ1v) is 12.6. The van der Waals surface area contributed by atoms with Crippen molar-refractivity contribution in [1.29, 1.82) is 0 Å². The van der Waals surface area contributed by atoms with Gasteiger partial charge in [-0.05, 0) is 72.3 Å². The summed E-state index contributed by atoms with van der Waals surface area (Å²) in [5.74, 6) is -1.58. The molecule has 0 aromatic heterocycles. The minimum Gasteiger partial charge on any atom is -0.506 e. The fraction of sp³-hybridized carbons (Fsp3) is 0.0741. The van der Waals surface area contributed by atoms with E-state index in [0.717, 1.165) is 36.4 Å². The summed E-state index contributed by atoms with van der Waals surface area (Å²) in [6, 6.07) is 16.9. The number of hydrogen-bond donors (Lipinski definition) is 3. The number of ether oxygens (including phenoxy) is 1. The molecule has 0 aliphatic carbocycles. The number of halogens is 4. The quantitative estimate of drug-likeness (QED) is 0.140. The van der Waals surface area contributed by atoms with E-state index in [4.69, 9.17) is 4.74 Å². The number of sulfonamides is 1. The summed E-state index contributed by atoms with van der Waals surface area (Å²) in [6.07, 6.45) is -4.53. The number of anilines is 2. The molecule has 0 bridgehead atoms. The number of rotatable bonds is 7. The van der Waals surface area contributed by atoms with Crippen LogP contribution < -0.4 is 14.8 Å². The lowest BCUT2D eigenvalue weighted by Crippen LogP contribution is -2.14. The van der Waals surface area contributed by atoms with Crippen LogP contribution in [0.5, 0.6) is 11.5 Å². The molecule has 39 heavy (non-hydrogen) atoms. The molecule has 0 saturated carbocycles. The third kappa shape index (κ3) is 6.29. The van der Waals surface area contributed by atoms with Crippen molar-refractivity contribution in [3.8, 4) is 22.6 Å². The topological polar surface area (TPSA) is 105 Å². The summed E-state index contributed by atoms with van der Waals surface area (Å²) >= 11 is 0. The maximum Gasteiger partial charge on any atom is 0.416 e. The Morgan fingerprint density at radius 2 is 1.56 bits per heavy atom. The van der Waals surface area contributed by atoms with Gasteiger partial charge in [0.2, 0.25) is 0 Å². The molecule has 0 saturated heterocycles. The number of aromatic hydroxyl groups is 1. The minimum absolute atomic E-state index is 0.0155. The Kier molecular flexibility index (Phi) is 7.50. The van der Waals surface area contributed by atoms with Crippen molar-refractivity contribution in [1.82, 2.24) is 0 Å². The first-order valence-electron chi connectivity index (χ1n) is 11.2. The second-order valence-corrected chi connectivity index (χ2v) is 9.92. The van der Waals surface area contributed by atoms with E-state index in [9.17, 15) is 35.9 Å². The highest BCUT2D eigenvalue weighted by Crippen LogP contribution is 2.37. The van der Waals surface area contributed by atoms with Gasteiger partial charge in [0.15, 0.2) is 0 Å². The average molecular weight is 561 g/mol. The predicted molar refractivity (Wildman–Crippen MR) is 137 cm³/mol. The van der Waals surface area contributed by atoms with E-state index in [2.05, 4.69) is 10.0 Å². The Morgan fingerprint density at radius 3 is 2.18 bits per heavy atom. The number of phenolic OH excluding ortho intramolecular Hbond substituents is 1. The highest BCUT2D eigenvalue weighted by molar-refractivity contribution is 7.92. The van der Waals surface area contributed by atoms with Gasteiger partial charge >= 0.3 is 6.18 Å². The Morgan fingerprint density at radius 1 is 0.897 bits per heavy atom. The fourth-order valence-corrected chi connectivity index (χ4v) is 4.69. The van der Waals surface area contributed by atoms with Gasteiger partial charge in [-0.15, -0.1) is 0 Å². The summed E-state index contributed by atoms with van der Waals surface area (Å²) in [6.45, 7) is 0. The van der Waals surface area contributed by atoms with Crippen molar-refractivity contribution < 1.29 is 40.6 Å². The van der Waals surface area contributed by atoms with E-state index in [-0.39, 0.29) is 27.6 Å². The van der Waals surface area contributed by atoms with Gasteiger partial charge in [0.25, 0.3) is 15.9 Å². The molecule has 0 fully saturated rings. The van der Waals surface area contributed by atoms with Crippen molar-refractivity contribution in [3.05, 3.63) is 102 Å². The van der Waals surface area contributed by atoms with Crippen LogP contribution in [0.15, 0.2) is 89.8 Å². The molecule has 7 nitrogen and oxygen atoms in total. The number of nitrogens with one attached hydrogen (secondary N) is 2. The molecule has 12 heteroatoms. The van der Waals surface area contributed by atoms with Gasteiger partial charge in [-0.3, -0.25) is 9.52 Å². The molecule has 0 unspecified atom stereocenters. The van der Waals surface area contributed by atoms with Gasteiger partial charge in [-0.25, -0.2) is 12.8 Å². The minimum atomic E-state index is -4.53. The lowest BCUT2D eigenvalue weighted by molar-refractivity contribution is -0.137. The summed E-state index contributed by atoms with van der Waals surface area (Å²) in [5, 5.41) is 12.7. The van der Waals surface area contributed by atoms with Crippen LogP contribution in [0.2, 0.25) is 0 Å². The average Bonchev–Trinajstić information content (AvgIpc) is 2.90. The van der Waals surface area contributed by atoms with Gasteiger partial charge in [0.05, 0.1) is 23.3 Å². The second-order valence-electron chi connectivity index (χ2n) is 8.24. The van der Waals surface area contributed by atoms with Crippen molar-refractivity contribution in [3.63, 3.8) is 0 Å². The predicted octanol–water partition coefficient (Wildman–Crippen LogP) is 6.28. The smallest absolute Gasteiger partial charge is 0.416 e. The van der Waals surface area contributed by atoms with Crippen LogP contribution in [0.25, 0.3) is 11.1 Å². The van der Waals surface area contributed by atoms with Gasteiger partial charge in [0.1, 0.15) is 17.3 Å². The number of hydrogen-bond acceptors (Lipinski definition) is 5. The zero-order chi connectivity index (χ0) is 28.4. The molecule has 4 aromatic carbocycles. The number of amides is 1. The summed E-state index contributed by atoms with van der Waals surface area (Å²) in [5.41, 5.74) is 0.191. The summed E-state index contributed by atoms with van der Waals surface area (Å²) < 4.78 is 84.7. The Bertz CT molecular complexity index is 1620. The highest BCUT2D eigenvalue weighted by Gasteiger charge is 2.31. The van der Waals surface area contributed by atoms with Crippen molar-refractivity contribution in [2.45, 2.75) is 11.1 Å². The molecular formula is C27H20F4N2O5S. The normalized spacial score (nSPS) is 11.6. The van der Waals surface area contributed by atoms with Crippen LogP contribution in [0, 0.1) is 5.82 Å². The van der Waals surface area contributed by atoms with E-state index in [1.807, 2.05) is 0 Å². The molecule has 4 rings (SSSR count). The van der Waals surface area contributed by atoms with E-state index >= 15 is 0 Å². The highest BCUT2D eigenvalue weighted by atomic mass is 32.2. The molecular weight excluding hydrogens is 540 g/mol. The SMILES string of the molecule is COc1cc(C(F)(F)F)ccc1-c1ccc(C(=O)Nc2ccc(O)c(NS(=O)(=O)c3ccc(F)cc3)c2)cc1. The summed E-state index contributed by atoms with van der Waals surface area (Å²) in [4.78, 5) is 12.5. The molecule has 3 N–H and O–H groups in total. The summed E-state index contributed by atoms with van der Waals surface area (Å²) in [7, 11) is -2.90. The molecule has 4 aromatic rings. The number of carbonyl (C=O) groups is 1. The molecule has 1 amide bonds. The van der Waals surface area contributed by atoms with Gasteiger partial charge in [0, 0.05) is 16.8 Å². The monoisotopic (exact) mass is 560 g/mol. The zero-order valence-electron chi connectivity index (χ0n) is 20.1. The fourth-order valence-electron chi connectivity index (χ4n) is 3.62. The van der Waals surface area contributed by atoms with Gasteiger partial charge in [-0.2, -0.15) is 13.2 Å². The second kappa shape index (κ2) is 10.7. The Labute approximate surface area is 220 Å². The molecule has 0 aliphatic heterocycles. The molecule has 0 radical (unpaired) electrons.